The minimum atomic E-state index is -0.209. The second-order valence-corrected chi connectivity index (χ2v) is 6.24. The maximum atomic E-state index is 12.6. The van der Waals surface area contributed by atoms with E-state index >= 15 is 0 Å². The number of anilines is 2. The van der Waals surface area contributed by atoms with Gasteiger partial charge in [0.15, 0.2) is 0 Å². The number of benzene rings is 1. The third-order valence-electron chi connectivity index (χ3n) is 3.90. The number of carbonyl (C=O) groups is 1. The highest BCUT2D eigenvalue weighted by Gasteiger charge is 2.14. The predicted octanol–water partition coefficient (Wildman–Crippen LogP) is 3.89. The Bertz CT molecular complexity index is 727. The van der Waals surface area contributed by atoms with E-state index in [-0.39, 0.29) is 5.91 Å². The number of carbonyl (C=O) groups excluding carboxylic acids is 1. The molecule has 2 aromatic rings. The van der Waals surface area contributed by atoms with Crippen LogP contribution in [0.4, 0.5) is 11.6 Å². The van der Waals surface area contributed by atoms with E-state index in [0.717, 1.165) is 41.9 Å². The van der Waals surface area contributed by atoms with Gasteiger partial charge in [-0.05, 0) is 50.5 Å². The molecule has 0 atom stereocenters. The van der Waals surface area contributed by atoms with Crippen molar-refractivity contribution in [1.29, 1.82) is 0 Å². The first kappa shape index (κ1) is 17.9. The number of rotatable bonds is 6. The van der Waals surface area contributed by atoms with Crippen LogP contribution in [0.25, 0.3) is 0 Å². The Morgan fingerprint density at radius 3 is 2.62 bits per heavy atom. The van der Waals surface area contributed by atoms with Crippen molar-refractivity contribution in [2.45, 2.75) is 40.5 Å². The van der Waals surface area contributed by atoms with Gasteiger partial charge in [0.25, 0.3) is 5.91 Å². The van der Waals surface area contributed by atoms with Crippen LogP contribution in [0.1, 0.15) is 47.1 Å². The summed E-state index contributed by atoms with van der Waals surface area (Å²) in [6, 6.07) is 7.72. The lowest BCUT2D eigenvalue weighted by Crippen LogP contribution is -2.23. The van der Waals surface area contributed by atoms with E-state index in [0.29, 0.717) is 11.6 Å². The summed E-state index contributed by atoms with van der Waals surface area (Å²) >= 11 is 0. The van der Waals surface area contributed by atoms with E-state index in [1.165, 1.54) is 0 Å². The van der Waals surface area contributed by atoms with E-state index in [2.05, 4.69) is 22.2 Å². The molecule has 0 aliphatic rings. The molecular formula is C19H26N4O. The molecule has 0 radical (unpaired) electrons. The van der Waals surface area contributed by atoms with Gasteiger partial charge in [0.1, 0.15) is 5.69 Å². The molecule has 1 heterocycles. The average molecular weight is 326 g/mol. The van der Waals surface area contributed by atoms with Crippen LogP contribution in [-0.2, 0) is 0 Å². The number of aryl methyl sites for hydroxylation is 3. The van der Waals surface area contributed by atoms with Gasteiger partial charge < -0.3 is 10.2 Å². The van der Waals surface area contributed by atoms with Crippen molar-refractivity contribution >= 4 is 17.5 Å². The van der Waals surface area contributed by atoms with Crippen LogP contribution in [-0.4, -0.2) is 29.5 Å². The Balaban J connectivity index is 2.23. The summed E-state index contributed by atoms with van der Waals surface area (Å²) in [6.45, 7) is 8.88. The molecule has 24 heavy (non-hydrogen) atoms. The molecule has 0 saturated heterocycles. The van der Waals surface area contributed by atoms with Crippen molar-refractivity contribution in [3.05, 3.63) is 46.8 Å². The molecule has 128 valence electrons. The molecule has 0 aliphatic heterocycles. The van der Waals surface area contributed by atoms with Crippen LogP contribution in [0.2, 0.25) is 0 Å². The first-order valence-electron chi connectivity index (χ1n) is 8.36. The van der Waals surface area contributed by atoms with Gasteiger partial charge in [-0.15, -0.1) is 0 Å². The summed E-state index contributed by atoms with van der Waals surface area (Å²) in [7, 11) is 1.96. The number of hydrogen-bond acceptors (Lipinski definition) is 4. The maximum Gasteiger partial charge on any atom is 0.274 e. The van der Waals surface area contributed by atoms with Crippen molar-refractivity contribution in [2.24, 2.45) is 0 Å². The van der Waals surface area contributed by atoms with E-state index < -0.39 is 0 Å². The second-order valence-electron chi connectivity index (χ2n) is 6.24. The molecule has 0 saturated carbocycles. The first-order chi connectivity index (χ1) is 11.4. The molecule has 1 amide bonds. The van der Waals surface area contributed by atoms with Crippen LogP contribution in [0.5, 0.6) is 0 Å². The highest BCUT2D eigenvalue weighted by atomic mass is 16.1. The lowest BCUT2D eigenvalue weighted by atomic mass is 10.1. The highest BCUT2D eigenvalue weighted by molar-refractivity contribution is 6.03. The van der Waals surface area contributed by atoms with Gasteiger partial charge in [0, 0.05) is 25.0 Å². The molecular weight excluding hydrogens is 300 g/mol. The van der Waals surface area contributed by atoms with Crippen LogP contribution in [0.3, 0.4) is 0 Å². The lowest BCUT2D eigenvalue weighted by molar-refractivity contribution is 0.102. The summed E-state index contributed by atoms with van der Waals surface area (Å²) in [5.41, 5.74) is 4.13. The molecule has 1 N–H and O–H groups in total. The predicted molar refractivity (Wildman–Crippen MR) is 98.8 cm³/mol. The monoisotopic (exact) mass is 326 g/mol. The fraction of sp³-hybridized carbons (Fsp3) is 0.421. The minimum absolute atomic E-state index is 0.209. The van der Waals surface area contributed by atoms with E-state index in [1.807, 2.05) is 50.9 Å². The quantitative estimate of drug-likeness (QED) is 0.875. The van der Waals surface area contributed by atoms with Crippen LogP contribution < -0.4 is 10.2 Å². The van der Waals surface area contributed by atoms with E-state index in [9.17, 15) is 4.79 Å². The van der Waals surface area contributed by atoms with Gasteiger partial charge in [-0.25, -0.2) is 9.97 Å². The molecule has 0 bridgehead atoms. The largest absolute Gasteiger partial charge is 0.344 e. The van der Waals surface area contributed by atoms with E-state index in [1.54, 1.807) is 6.07 Å². The summed E-state index contributed by atoms with van der Waals surface area (Å²) in [5, 5.41) is 2.96. The zero-order chi connectivity index (χ0) is 17.7. The van der Waals surface area contributed by atoms with Crippen molar-refractivity contribution in [2.75, 3.05) is 23.8 Å². The Labute approximate surface area is 144 Å². The van der Waals surface area contributed by atoms with Crippen molar-refractivity contribution in [3.8, 4) is 0 Å². The van der Waals surface area contributed by atoms with Crippen molar-refractivity contribution < 1.29 is 4.79 Å². The summed E-state index contributed by atoms with van der Waals surface area (Å²) in [5.74, 6) is 0.383. The number of nitrogens with one attached hydrogen (secondary N) is 1. The van der Waals surface area contributed by atoms with Crippen molar-refractivity contribution in [1.82, 2.24) is 9.97 Å². The van der Waals surface area contributed by atoms with Gasteiger partial charge >= 0.3 is 0 Å². The van der Waals surface area contributed by atoms with Crippen LogP contribution >= 0.6 is 0 Å². The van der Waals surface area contributed by atoms with Gasteiger partial charge in [-0.1, -0.05) is 25.5 Å². The standard InChI is InChI=1S/C19H26N4O/c1-6-7-10-23(5)19-20-15(4)12-17(22-19)18(24)21-16-11-13(2)8-9-14(16)3/h8-9,11-12H,6-7,10H2,1-5H3,(H,21,24). The van der Waals surface area contributed by atoms with Gasteiger partial charge in [-0.2, -0.15) is 0 Å². The van der Waals surface area contributed by atoms with Crippen LogP contribution in [0.15, 0.2) is 24.3 Å². The number of unbranched alkanes of at least 4 members (excludes halogenated alkanes) is 1. The molecule has 1 aromatic carbocycles. The third-order valence-corrected chi connectivity index (χ3v) is 3.90. The molecule has 0 unspecified atom stereocenters. The fourth-order valence-corrected chi connectivity index (χ4v) is 2.39. The summed E-state index contributed by atoms with van der Waals surface area (Å²) < 4.78 is 0. The zero-order valence-electron chi connectivity index (χ0n) is 15.2. The topological polar surface area (TPSA) is 58.1 Å². The smallest absolute Gasteiger partial charge is 0.274 e. The summed E-state index contributed by atoms with van der Waals surface area (Å²) in [4.78, 5) is 23.5. The lowest BCUT2D eigenvalue weighted by Gasteiger charge is -2.18. The SMILES string of the molecule is CCCCN(C)c1nc(C)cc(C(=O)Nc2cc(C)ccc2C)n1. The molecule has 5 nitrogen and oxygen atoms in total. The average Bonchev–Trinajstić information content (AvgIpc) is 2.55. The Kier molecular flexibility index (Phi) is 5.90. The highest BCUT2D eigenvalue weighted by Crippen LogP contribution is 2.18. The number of nitrogens with zero attached hydrogens (tertiary/aromatic N) is 3. The van der Waals surface area contributed by atoms with E-state index in [4.69, 9.17) is 0 Å². The maximum absolute atomic E-state index is 12.6. The Morgan fingerprint density at radius 2 is 1.92 bits per heavy atom. The number of hydrogen-bond donors (Lipinski definition) is 1. The van der Waals surface area contributed by atoms with Crippen LogP contribution in [0, 0.1) is 20.8 Å². The van der Waals surface area contributed by atoms with Gasteiger partial charge in [-0.3, -0.25) is 4.79 Å². The zero-order valence-corrected chi connectivity index (χ0v) is 15.2. The molecule has 5 heteroatoms. The minimum Gasteiger partial charge on any atom is -0.344 e. The van der Waals surface area contributed by atoms with Gasteiger partial charge in [0.05, 0.1) is 0 Å². The van der Waals surface area contributed by atoms with Crippen molar-refractivity contribution in [3.63, 3.8) is 0 Å². The Hall–Kier alpha value is -2.43. The molecule has 0 spiro atoms. The fourth-order valence-electron chi connectivity index (χ4n) is 2.39. The van der Waals surface area contributed by atoms with Gasteiger partial charge in [0.2, 0.25) is 5.95 Å². The normalized spacial score (nSPS) is 10.5. The summed E-state index contributed by atoms with van der Waals surface area (Å²) in [6.07, 6.45) is 2.17. The second kappa shape index (κ2) is 7.90. The first-order valence-corrected chi connectivity index (χ1v) is 8.36. The Morgan fingerprint density at radius 1 is 1.17 bits per heavy atom. The molecule has 1 aromatic heterocycles. The molecule has 0 fully saturated rings. The number of amides is 1. The molecule has 2 rings (SSSR count). The number of aromatic nitrogens is 2. The molecule has 0 aliphatic carbocycles. The third kappa shape index (κ3) is 4.54.